The molecule has 1 aromatic rings. The highest BCUT2D eigenvalue weighted by Gasteiger charge is 2.56. The minimum atomic E-state index is -0.243. The molecule has 2 amide bonds. The number of likely N-dealkylation sites (tertiary alicyclic amines) is 1. The van der Waals surface area contributed by atoms with Gasteiger partial charge in [-0.1, -0.05) is 24.6 Å². The molecule has 5 rings (SSSR count). The Kier molecular flexibility index (Phi) is 4.46. The van der Waals surface area contributed by atoms with Gasteiger partial charge in [-0.15, -0.1) is 0 Å². The van der Waals surface area contributed by atoms with Crippen molar-refractivity contribution in [1.82, 2.24) is 10.2 Å². The number of hydrogen-bond acceptors (Lipinski definition) is 3. The number of nitrogens with zero attached hydrogens (tertiary/aromatic N) is 1. The second-order valence-electron chi connectivity index (χ2n) is 8.94. The molecule has 152 valence electrons. The summed E-state index contributed by atoms with van der Waals surface area (Å²) in [5.41, 5.74) is 1.59. The van der Waals surface area contributed by atoms with E-state index >= 15 is 0 Å². The summed E-state index contributed by atoms with van der Waals surface area (Å²) in [4.78, 5) is 27.2. The summed E-state index contributed by atoms with van der Waals surface area (Å²) in [6.45, 7) is 3.99. The lowest BCUT2D eigenvalue weighted by Gasteiger charge is -2.44. The summed E-state index contributed by atoms with van der Waals surface area (Å²) >= 11 is 6.05. The van der Waals surface area contributed by atoms with Gasteiger partial charge in [0, 0.05) is 41.6 Å². The predicted octanol–water partition coefficient (Wildman–Crippen LogP) is 3.44. The van der Waals surface area contributed by atoms with Gasteiger partial charge in [-0.2, -0.15) is 0 Å². The maximum atomic E-state index is 12.6. The van der Waals surface area contributed by atoms with Gasteiger partial charge >= 0.3 is 0 Å². The fourth-order valence-electron chi connectivity index (χ4n) is 4.85. The van der Waals surface area contributed by atoms with E-state index in [9.17, 15) is 9.59 Å². The van der Waals surface area contributed by atoms with Gasteiger partial charge in [-0.25, -0.2) is 0 Å². The molecule has 4 aliphatic rings. The SMILES string of the molecule is C[C@@H]1C[C@H]1C(=O)N1C[C@@H]2CC[C@]2(NC(=O)/C=C/C2=Cc3cc(Cl)ccc3OC2)C1. The third kappa shape index (κ3) is 3.46. The minimum absolute atomic E-state index is 0.110. The van der Waals surface area contributed by atoms with Gasteiger partial charge in [0.25, 0.3) is 0 Å². The molecule has 2 aliphatic heterocycles. The molecule has 4 atom stereocenters. The fraction of sp³-hybridized carbons (Fsp3) is 0.478. The van der Waals surface area contributed by atoms with Gasteiger partial charge in [0.15, 0.2) is 0 Å². The van der Waals surface area contributed by atoms with Crippen molar-refractivity contribution in [2.75, 3.05) is 19.7 Å². The Morgan fingerprint density at radius 2 is 2.21 bits per heavy atom. The normalized spacial score (nSPS) is 32.0. The second-order valence-corrected chi connectivity index (χ2v) is 9.38. The van der Waals surface area contributed by atoms with E-state index < -0.39 is 0 Å². The zero-order chi connectivity index (χ0) is 20.2. The number of ether oxygens (including phenoxy) is 1. The van der Waals surface area contributed by atoms with Gasteiger partial charge in [-0.05, 0) is 55.0 Å². The average molecular weight is 413 g/mol. The summed E-state index contributed by atoms with van der Waals surface area (Å²) in [5, 5.41) is 3.86. The quantitative estimate of drug-likeness (QED) is 0.771. The van der Waals surface area contributed by atoms with Gasteiger partial charge < -0.3 is 15.0 Å². The maximum absolute atomic E-state index is 12.6. The molecular formula is C23H25ClN2O3. The second kappa shape index (κ2) is 6.91. The summed E-state index contributed by atoms with van der Waals surface area (Å²) < 4.78 is 5.73. The van der Waals surface area contributed by atoms with Crippen molar-refractivity contribution in [3.63, 3.8) is 0 Å². The fourth-order valence-corrected chi connectivity index (χ4v) is 5.03. The summed E-state index contributed by atoms with van der Waals surface area (Å²) in [6.07, 6.45) is 8.39. The van der Waals surface area contributed by atoms with Crippen LogP contribution in [0, 0.1) is 17.8 Å². The van der Waals surface area contributed by atoms with Crippen molar-refractivity contribution in [3.05, 3.63) is 46.5 Å². The van der Waals surface area contributed by atoms with Crippen LogP contribution in [-0.2, 0) is 9.59 Å². The Labute approximate surface area is 175 Å². The monoisotopic (exact) mass is 412 g/mol. The van der Waals surface area contributed by atoms with Crippen LogP contribution in [-0.4, -0.2) is 41.9 Å². The molecule has 2 heterocycles. The number of fused-ring (bicyclic) bond motifs is 2. The van der Waals surface area contributed by atoms with Crippen LogP contribution in [0.25, 0.3) is 6.08 Å². The smallest absolute Gasteiger partial charge is 0.244 e. The van der Waals surface area contributed by atoms with Gasteiger partial charge in [0.1, 0.15) is 12.4 Å². The number of carbonyl (C=O) groups is 2. The highest BCUT2D eigenvalue weighted by atomic mass is 35.5. The topological polar surface area (TPSA) is 58.6 Å². The van der Waals surface area contributed by atoms with Crippen molar-refractivity contribution >= 4 is 29.5 Å². The molecule has 1 N–H and O–H groups in total. The first-order chi connectivity index (χ1) is 13.9. The number of rotatable bonds is 4. The lowest BCUT2D eigenvalue weighted by atomic mass is 9.69. The third-order valence-corrected chi connectivity index (χ3v) is 7.14. The van der Waals surface area contributed by atoms with Crippen LogP contribution in [0.2, 0.25) is 5.02 Å². The standard InChI is InChI=1S/C23H25ClN2O3/c1-14-8-19(14)22(28)26-11-17-6-7-23(17,13-26)25-21(27)5-2-15-9-16-10-18(24)3-4-20(16)29-12-15/h2-5,9-10,14,17,19H,6-8,11-13H2,1H3,(H,25,27)/b5-2+/t14-,17+,19-,23+/m1/s1. The first kappa shape index (κ1) is 18.7. The molecule has 2 aliphatic carbocycles. The molecule has 0 aromatic heterocycles. The average Bonchev–Trinajstić information content (AvgIpc) is 3.37. The Morgan fingerprint density at radius 3 is 2.93 bits per heavy atom. The maximum Gasteiger partial charge on any atom is 0.244 e. The summed E-state index contributed by atoms with van der Waals surface area (Å²) in [6, 6.07) is 5.51. The molecule has 29 heavy (non-hydrogen) atoms. The Hall–Kier alpha value is -2.27. The van der Waals surface area contributed by atoms with E-state index in [0.717, 1.165) is 42.7 Å². The van der Waals surface area contributed by atoms with Crippen molar-refractivity contribution in [2.45, 2.75) is 31.7 Å². The molecular weight excluding hydrogens is 388 g/mol. The van der Waals surface area contributed by atoms with E-state index in [0.29, 0.717) is 30.0 Å². The molecule has 0 radical (unpaired) electrons. The molecule has 3 fully saturated rings. The number of carbonyl (C=O) groups excluding carboxylic acids is 2. The first-order valence-corrected chi connectivity index (χ1v) is 10.7. The number of amides is 2. The molecule has 5 nitrogen and oxygen atoms in total. The number of halogens is 1. The molecule has 6 heteroatoms. The highest BCUT2D eigenvalue weighted by Crippen LogP contribution is 2.47. The van der Waals surface area contributed by atoms with Gasteiger partial charge in [0.05, 0.1) is 5.54 Å². The lowest BCUT2D eigenvalue weighted by molar-refractivity contribution is -0.132. The highest BCUT2D eigenvalue weighted by molar-refractivity contribution is 6.30. The van der Waals surface area contributed by atoms with Crippen LogP contribution < -0.4 is 10.1 Å². The van der Waals surface area contributed by atoms with Crippen molar-refractivity contribution in [3.8, 4) is 5.75 Å². The Morgan fingerprint density at radius 1 is 1.38 bits per heavy atom. The van der Waals surface area contributed by atoms with Crippen molar-refractivity contribution < 1.29 is 14.3 Å². The minimum Gasteiger partial charge on any atom is -0.488 e. The molecule has 0 unspecified atom stereocenters. The number of benzene rings is 1. The van der Waals surface area contributed by atoms with E-state index in [2.05, 4.69) is 12.2 Å². The Balaban J connectivity index is 1.22. The third-order valence-electron chi connectivity index (χ3n) is 6.90. The molecule has 1 saturated heterocycles. The van der Waals surface area contributed by atoms with Crippen LogP contribution in [0.1, 0.15) is 31.7 Å². The molecule has 2 saturated carbocycles. The van der Waals surface area contributed by atoms with E-state index in [-0.39, 0.29) is 23.3 Å². The predicted molar refractivity (Wildman–Crippen MR) is 112 cm³/mol. The molecule has 1 aromatic carbocycles. The molecule has 0 bridgehead atoms. The zero-order valence-corrected chi connectivity index (χ0v) is 17.2. The summed E-state index contributed by atoms with van der Waals surface area (Å²) in [5.74, 6) is 2.06. The van der Waals surface area contributed by atoms with Crippen LogP contribution in [0.15, 0.2) is 35.9 Å². The number of hydrogen-bond donors (Lipinski definition) is 1. The van der Waals surface area contributed by atoms with E-state index in [1.165, 1.54) is 0 Å². The number of nitrogens with one attached hydrogen (secondary N) is 1. The van der Waals surface area contributed by atoms with E-state index in [1.807, 2.05) is 23.1 Å². The largest absolute Gasteiger partial charge is 0.488 e. The van der Waals surface area contributed by atoms with Gasteiger partial charge in [-0.3, -0.25) is 9.59 Å². The van der Waals surface area contributed by atoms with Crippen LogP contribution in [0.3, 0.4) is 0 Å². The van der Waals surface area contributed by atoms with E-state index in [4.69, 9.17) is 16.3 Å². The van der Waals surface area contributed by atoms with Crippen molar-refractivity contribution in [1.29, 1.82) is 0 Å². The van der Waals surface area contributed by atoms with E-state index in [1.54, 1.807) is 18.2 Å². The molecule has 0 spiro atoms. The first-order valence-electron chi connectivity index (χ1n) is 10.4. The van der Waals surface area contributed by atoms with Crippen LogP contribution in [0.4, 0.5) is 0 Å². The zero-order valence-electron chi connectivity index (χ0n) is 16.5. The van der Waals surface area contributed by atoms with Gasteiger partial charge in [0.2, 0.25) is 11.8 Å². The summed E-state index contributed by atoms with van der Waals surface area (Å²) in [7, 11) is 0. The lowest BCUT2D eigenvalue weighted by Crippen LogP contribution is -2.59. The van der Waals surface area contributed by atoms with Crippen LogP contribution in [0.5, 0.6) is 5.75 Å². The Bertz CT molecular complexity index is 940. The van der Waals surface area contributed by atoms with Crippen LogP contribution >= 0.6 is 11.6 Å². The van der Waals surface area contributed by atoms with Crippen molar-refractivity contribution in [2.24, 2.45) is 17.8 Å².